The van der Waals surface area contributed by atoms with Gasteiger partial charge in [-0.25, -0.2) is 4.79 Å². The summed E-state index contributed by atoms with van der Waals surface area (Å²) < 4.78 is 5.22. The predicted molar refractivity (Wildman–Crippen MR) is 132 cm³/mol. The Kier molecular flexibility index (Phi) is 9.15. The second-order valence-electron chi connectivity index (χ2n) is 8.32. The SMILES string of the molecule is CN(C)CCNC(=O)COC(=O)C1CC(NC(=O)Cc2ccccc2)c2c(Cl)cc(Cl)cc2N1. The largest absolute Gasteiger partial charge is 0.454 e. The monoisotopic (exact) mass is 506 g/mol. The fourth-order valence-electron chi connectivity index (χ4n) is 3.68. The highest BCUT2D eigenvalue weighted by atomic mass is 35.5. The molecule has 2 amide bonds. The number of likely N-dealkylation sites (N-methyl/N-ethyl adjacent to an activating group) is 1. The second-order valence-corrected chi connectivity index (χ2v) is 9.17. The summed E-state index contributed by atoms with van der Waals surface area (Å²) in [5.74, 6) is -1.19. The average Bonchev–Trinajstić information content (AvgIpc) is 2.77. The van der Waals surface area contributed by atoms with Gasteiger partial charge in [-0.15, -0.1) is 0 Å². The van der Waals surface area contributed by atoms with Gasteiger partial charge >= 0.3 is 5.97 Å². The van der Waals surface area contributed by atoms with Gasteiger partial charge < -0.3 is 25.6 Å². The van der Waals surface area contributed by atoms with E-state index in [-0.39, 0.29) is 24.7 Å². The van der Waals surface area contributed by atoms with Crippen LogP contribution in [-0.2, 0) is 25.5 Å². The molecule has 0 saturated carbocycles. The second kappa shape index (κ2) is 12.1. The minimum absolute atomic E-state index is 0.188. The molecule has 0 saturated heterocycles. The first-order chi connectivity index (χ1) is 16.2. The van der Waals surface area contributed by atoms with Gasteiger partial charge in [0.2, 0.25) is 5.91 Å². The fourth-order valence-corrected chi connectivity index (χ4v) is 4.30. The Morgan fingerprint density at radius 1 is 1.12 bits per heavy atom. The highest BCUT2D eigenvalue weighted by Gasteiger charge is 2.34. The zero-order chi connectivity index (χ0) is 24.7. The predicted octanol–water partition coefficient (Wildman–Crippen LogP) is 2.80. The number of ether oxygens (including phenoxy) is 1. The van der Waals surface area contributed by atoms with Crippen LogP contribution < -0.4 is 16.0 Å². The summed E-state index contributed by atoms with van der Waals surface area (Å²) in [4.78, 5) is 39.4. The lowest BCUT2D eigenvalue weighted by atomic mass is 9.92. The van der Waals surface area contributed by atoms with Crippen molar-refractivity contribution in [3.8, 4) is 0 Å². The van der Waals surface area contributed by atoms with Crippen molar-refractivity contribution in [2.75, 3.05) is 39.1 Å². The first-order valence-corrected chi connectivity index (χ1v) is 11.7. The lowest BCUT2D eigenvalue weighted by Crippen LogP contribution is -2.43. The minimum Gasteiger partial charge on any atom is -0.454 e. The summed E-state index contributed by atoms with van der Waals surface area (Å²) in [6.07, 6.45) is 0.392. The summed E-state index contributed by atoms with van der Waals surface area (Å²) in [6.45, 7) is 0.732. The fraction of sp³-hybridized carbons (Fsp3) is 0.375. The molecule has 182 valence electrons. The van der Waals surface area contributed by atoms with E-state index in [4.69, 9.17) is 27.9 Å². The van der Waals surface area contributed by atoms with E-state index in [1.807, 2.05) is 49.3 Å². The van der Waals surface area contributed by atoms with Gasteiger partial charge in [0.1, 0.15) is 6.04 Å². The van der Waals surface area contributed by atoms with Gasteiger partial charge in [-0.2, -0.15) is 0 Å². The summed E-state index contributed by atoms with van der Waals surface area (Å²) in [6, 6.07) is 11.3. The van der Waals surface area contributed by atoms with Crippen LogP contribution in [0.1, 0.15) is 23.6 Å². The zero-order valence-corrected chi connectivity index (χ0v) is 20.6. The number of rotatable bonds is 9. The van der Waals surface area contributed by atoms with Crippen molar-refractivity contribution < 1.29 is 19.1 Å². The molecule has 2 unspecified atom stereocenters. The number of anilines is 1. The molecule has 0 fully saturated rings. The number of fused-ring (bicyclic) bond motifs is 1. The number of halogens is 2. The van der Waals surface area contributed by atoms with Gasteiger partial charge in [0.05, 0.1) is 12.5 Å². The molecule has 1 heterocycles. The number of nitrogens with one attached hydrogen (secondary N) is 3. The molecular formula is C24H28Cl2N4O4. The molecular weight excluding hydrogens is 479 g/mol. The molecule has 0 spiro atoms. The van der Waals surface area contributed by atoms with Gasteiger partial charge in [0, 0.05) is 40.8 Å². The number of carbonyl (C=O) groups is 3. The van der Waals surface area contributed by atoms with Crippen molar-refractivity contribution in [3.05, 3.63) is 63.6 Å². The van der Waals surface area contributed by atoms with Crippen LogP contribution in [0.5, 0.6) is 0 Å². The third-order valence-corrected chi connectivity index (χ3v) is 5.83. The number of esters is 1. The summed E-state index contributed by atoms with van der Waals surface area (Å²) in [5, 5.41) is 9.52. The third-order valence-electron chi connectivity index (χ3n) is 5.30. The quantitative estimate of drug-likeness (QED) is 0.452. The van der Waals surface area contributed by atoms with Crippen molar-refractivity contribution in [1.29, 1.82) is 0 Å². The van der Waals surface area contributed by atoms with E-state index in [0.717, 1.165) is 5.56 Å². The van der Waals surface area contributed by atoms with Gasteiger partial charge in [0.25, 0.3) is 5.91 Å². The molecule has 3 N–H and O–H groups in total. The van der Waals surface area contributed by atoms with E-state index in [0.29, 0.717) is 34.4 Å². The van der Waals surface area contributed by atoms with Crippen molar-refractivity contribution in [2.24, 2.45) is 0 Å². The molecule has 3 rings (SSSR count). The van der Waals surface area contributed by atoms with Crippen LogP contribution in [0.3, 0.4) is 0 Å². The number of benzene rings is 2. The Balaban J connectivity index is 1.67. The Hall–Kier alpha value is -2.81. The highest BCUT2D eigenvalue weighted by molar-refractivity contribution is 6.35. The molecule has 2 aromatic carbocycles. The molecule has 0 aliphatic carbocycles. The zero-order valence-electron chi connectivity index (χ0n) is 19.1. The molecule has 10 heteroatoms. The van der Waals surface area contributed by atoms with E-state index >= 15 is 0 Å². The van der Waals surface area contributed by atoms with E-state index < -0.39 is 24.7 Å². The Bertz CT molecular complexity index is 1030. The molecule has 0 aromatic heterocycles. The van der Waals surface area contributed by atoms with Crippen LogP contribution >= 0.6 is 23.2 Å². The van der Waals surface area contributed by atoms with E-state index in [2.05, 4.69) is 16.0 Å². The van der Waals surface area contributed by atoms with Crippen molar-refractivity contribution in [1.82, 2.24) is 15.5 Å². The maximum absolute atomic E-state index is 12.7. The van der Waals surface area contributed by atoms with Crippen molar-refractivity contribution in [3.63, 3.8) is 0 Å². The van der Waals surface area contributed by atoms with Crippen LogP contribution in [0.25, 0.3) is 0 Å². The molecule has 2 atom stereocenters. The molecule has 1 aliphatic rings. The summed E-state index contributed by atoms with van der Waals surface area (Å²) >= 11 is 12.6. The maximum Gasteiger partial charge on any atom is 0.329 e. The lowest BCUT2D eigenvalue weighted by Gasteiger charge is -2.33. The van der Waals surface area contributed by atoms with Crippen LogP contribution in [-0.4, -0.2) is 62.5 Å². The van der Waals surface area contributed by atoms with Crippen LogP contribution in [0.4, 0.5) is 5.69 Å². The van der Waals surface area contributed by atoms with Crippen LogP contribution in [0.15, 0.2) is 42.5 Å². The summed E-state index contributed by atoms with van der Waals surface area (Å²) in [7, 11) is 3.79. The molecule has 8 nitrogen and oxygen atoms in total. The van der Waals surface area contributed by atoms with Crippen LogP contribution in [0.2, 0.25) is 10.0 Å². The molecule has 0 radical (unpaired) electrons. The number of hydrogen-bond donors (Lipinski definition) is 3. The standard InChI is InChI=1S/C24H28Cl2N4O4/c1-30(2)9-8-27-22(32)14-34-24(33)20-13-19(23-17(26)11-16(25)12-18(23)28-20)29-21(31)10-15-6-4-3-5-7-15/h3-7,11-12,19-20,28H,8-10,13-14H2,1-2H3,(H,27,32)(H,29,31). The van der Waals surface area contributed by atoms with Crippen molar-refractivity contribution in [2.45, 2.75) is 24.9 Å². The Morgan fingerprint density at radius 2 is 1.85 bits per heavy atom. The summed E-state index contributed by atoms with van der Waals surface area (Å²) in [5.41, 5.74) is 2.05. The number of carbonyl (C=O) groups excluding carboxylic acids is 3. The first kappa shape index (κ1) is 25.8. The van der Waals surface area contributed by atoms with Gasteiger partial charge in [-0.1, -0.05) is 53.5 Å². The highest BCUT2D eigenvalue weighted by Crippen LogP contribution is 2.40. The van der Waals surface area contributed by atoms with E-state index in [1.165, 1.54) is 0 Å². The van der Waals surface area contributed by atoms with Gasteiger partial charge in [0.15, 0.2) is 6.61 Å². The molecule has 2 aromatic rings. The minimum atomic E-state index is -0.793. The molecule has 1 aliphatic heterocycles. The first-order valence-electron chi connectivity index (χ1n) is 10.9. The third kappa shape index (κ3) is 7.35. The Labute approximate surface area is 208 Å². The van der Waals surface area contributed by atoms with Gasteiger partial charge in [-0.3, -0.25) is 9.59 Å². The van der Waals surface area contributed by atoms with E-state index in [9.17, 15) is 14.4 Å². The topological polar surface area (TPSA) is 99.8 Å². The Morgan fingerprint density at radius 3 is 2.56 bits per heavy atom. The normalized spacial score (nSPS) is 16.9. The molecule has 34 heavy (non-hydrogen) atoms. The van der Waals surface area contributed by atoms with Crippen molar-refractivity contribution >= 4 is 46.7 Å². The van der Waals surface area contributed by atoms with Gasteiger partial charge in [-0.05, 0) is 31.8 Å². The number of amides is 2. The maximum atomic E-state index is 12.7. The molecule has 0 bridgehead atoms. The van der Waals surface area contributed by atoms with Crippen LogP contribution in [0, 0.1) is 0 Å². The lowest BCUT2D eigenvalue weighted by molar-refractivity contribution is -0.149. The van der Waals surface area contributed by atoms with E-state index in [1.54, 1.807) is 12.1 Å². The number of hydrogen-bond acceptors (Lipinski definition) is 6. The smallest absolute Gasteiger partial charge is 0.329 e. The number of nitrogens with zero attached hydrogens (tertiary/aromatic N) is 1. The average molecular weight is 507 g/mol.